The molecule has 0 bridgehead atoms. The molecule has 0 spiro atoms. The Morgan fingerprint density at radius 1 is 1.62 bits per heavy atom. The molecule has 1 heterocycles. The van der Waals surface area contributed by atoms with Gasteiger partial charge in [0.1, 0.15) is 0 Å². The Morgan fingerprint density at radius 2 is 2.38 bits per heavy atom. The minimum Gasteiger partial charge on any atom is -0.479 e. The van der Waals surface area contributed by atoms with Crippen molar-refractivity contribution < 1.29 is 14.6 Å². The molecule has 0 aromatic heterocycles. The van der Waals surface area contributed by atoms with Crippen LogP contribution in [0.1, 0.15) is 18.4 Å². The van der Waals surface area contributed by atoms with Crippen molar-refractivity contribution in [2.24, 2.45) is 0 Å². The van der Waals surface area contributed by atoms with E-state index in [1.807, 2.05) is 23.9 Å². The number of benzene rings is 1. The van der Waals surface area contributed by atoms with Gasteiger partial charge in [0, 0.05) is 16.6 Å². The number of fused-ring (bicyclic) bond motifs is 1. The quantitative estimate of drug-likeness (QED) is 0.874. The third-order valence-electron chi connectivity index (χ3n) is 2.69. The van der Waals surface area contributed by atoms with E-state index in [1.165, 1.54) is 10.5 Å². The van der Waals surface area contributed by atoms with Gasteiger partial charge in [-0.25, -0.2) is 4.79 Å². The first kappa shape index (κ1) is 11.5. The Labute approximate surface area is 98.8 Å². The molecule has 0 saturated heterocycles. The summed E-state index contributed by atoms with van der Waals surface area (Å²) in [7, 11) is 0. The highest BCUT2D eigenvalue weighted by molar-refractivity contribution is 7.99. The molecule has 1 unspecified atom stereocenters. The molecule has 16 heavy (non-hydrogen) atoms. The van der Waals surface area contributed by atoms with E-state index in [1.54, 1.807) is 6.92 Å². The van der Waals surface area contributed by atoms with E-state index < -0.39 is 12.1 Å². The highest BCUT2D eigenvalue weighted by atomic mass is 32.2. The minimum atomic E-state index is -0.904. The number of carbonyl (C=O) groups is 1. The average molecular weight is 238 g/mol. The molecule has 0 aliphatic carbocycles. The molecule has 0 fully saturated rings. The summed E-state index contributed by atoms with van der Waals surface area (Å²) in [5, 5.41) is 8.72. The summed E-state index contributed by atoms with van der Waals surface area (Å²) in [6.07, 6.45) is -0.724. The largest absolute Gasteiger partial charge is 0.479 e. The van der Waals surface area contributed by atoms with E-state index >= 15 is 0 Å². The van der Waals surface area contributed by atoms with Crippen LogP contribution in [0.4, 0.5) is 0 Å². The summed E-state index contributed by atoms with van der Waals surface area (Å²) in [6.45, 7) is 2.05. The van der Waals surface area contributed by atoms with Crippen molar-refractivity contribution in [1.29, 1.82) is 0 Å². The zero-order valence-electron chi connectivity index (χ0n) is 9.05. The summed E-state index contributed by atoms with van der Waals surface area (Å²) in [5.41, 5.74) is 1.28. The van der Waals surface area contributed by atoms with Crippen molar-refractivity contribution in [3.8, 4) is 0 Å². The highest BCUT2D eigenvalue weighted by Crippen LogP contribution is 2.39. The van der Waals surface area contributed by atoms with Gasteiger partial charge in [-0.15, -0.1) is 11.8 Å². The maximum atomic E-state index is 10.6. The lowest BCUT2D eigenvalue weighted by Crippen LogP contribution is -2.22. The zero-order chi connectivity index (χ0) is 11.5. The second-order valence-corrected chi connectivity index (χ2v) is 4.92. The van der Waals surface area contributed by atoms with Crippen molar-refractivity contribution in [3.05, 3.63) is 29.8 Å². The standard InChI is InChI=1S/C12H14O3S/c1-8(12(13)14)15-6-9-7-16-11-5-3-2-4-10(9)11/h2-5,8-9H,6-7H2,1H3,(H,13,14)/t8-,9?/m0/s1. The number of ether oxygens (including phenoxy) is 1. The third kappa shape index (κ3) is 2.39. The molecule has 2 atom stereocenters. The molecule has 1 aliphatic rings. The van der Waals surface area contributed by atoms with Crippen LogP contribution in [0.2, 0.25) is 0 Å². The van der Waals surface area contributed by atoms with Crippen molar-refractivity contribution in [2.45, 2.75) is 23.8 Å². The number of rotatable bonds is 4. The molecule has 1 aromatic rings. The molecule has 0 radical (unpaired) electrons. The summed E-state index contributed by atoms with van der Waals surface area (Å²) < 4.78 is 5.33. The molecule has 1 aromatic carbocycles. The first-order valence-electron chi connectivity index (χ1n) is 5.24. The lowest BCUT2D eigenvalue weighted by molar-refractivity contribution is -0.149. The van der Waals surface area contributed by atoms with E-state index in [-0.39, 0.29) is 0 Å². The zero-order valence-corrected chi connectivity index (χ0v) is 9.87. The van der Waals surface area contributed by atoms with Crippen molar-refractivity contribution >= 4 is 17.7 Å². The fourth-order valence-corrected chi connectivity index (χ4v) is 2.93. The van der Waals surface area contributed by atoms with Crippen LogP contribution in [0.3, 0.4) is 0 Å². The molecule has 86 valence electrons. The van der Waals surface area contributed by atoms with Gasteiger partial charge in [0.15, 0.2) is 6.10 Å². The minimum absolute atomic E-state index is 0.322. The first-order valence-corrected chi connectivity index (χ1v) is 6.23. The van der Waals surface area contributed by atoms with E-state index in [4.69, 9.17) is 9.84 Å². The van der Waals surface area contributed by atoms with Crippen LogP contribution in [-0.2, 0) is 9.53 Å². The van der Waals surface area contributed by atoms with Crippen LogP contribution in [-0.4, -0.2) is 29.5 Å². The fraction of sp³-hybridized carbons (Fsp3) is 0.417. The Hall–Kier alpha value is -1.00. The van der Waals surface area contributed by atoms with Gasteiger partial charge in [-0.1, -0.05) is 18.2 Å². The van der Waals surface area contributed by atoms with Gasteiger partial charge in [0.25, 0.3) is 0 Å². The number of carboxylic acids is 1. The molecule has 3 nitrogen and oxygen atoms in total. The van der Waals surface area contributed by atoms with Gasteiger partial charge >= 0.3 is 5.97 Å². The van der Waals surface area contributed by atoms with E-state index in [0.717, 1.165) is 5.75 Å². The third-order valence-corrected chi connectivity index (χ3v) is 3.95. The summed E-state index contributed by atoms with van der Waals surface area (Å²) in [5.74, 6) is 0.396. The summed E-state index contributed by atoms with van der Waals surface area (Å²) in [6, 6.07) is 8.22. The van der Waals surface area contributed by atoms with Gasteiger partial charge in [-0.2, -0.15) is 0 Å². The number of hydrogen-bond donors (Lipinski definition) is 1. The second-order valence-electron chi connectivity index (χ2n) is 3.86. The summed E-state index contributed by atoms with van der Waals surface area (Å²) >= 11 is 1.81. The van der Waals surface area contributed by atoms with Crippen molar-refractivity contribution in [2.75, 3.05) is 12.4 Å². The molecule has 1 N–H and O–H groups in total. The van der Waals surface area contributed by atoms with Crippen LogP contribution in [0, 0.1) is 0 Å². The van der Waals surface area contributed by atoms with E-state index in [9.17, 15) is 4.79 Å². The molecule has 0 saturated carbocycles. The van der Waals surface area contributed by atoms with Crippen LogP contribution >= 0.6 is 11.8 Å². The Kier molecular flexibility index (Phi) is 3.51. The molecule has 4 heteroatoms. The normalized spacial score (nSPS) is 20.4. The predicted octanol–water partition coefficient (Wildman–Crippen LogP) is 2.37. The van der Waals surface area contributed by atoms with Gasteiger partial charge in [-0.05, 0) is 18.6 Å². The molecular weight excluding hydrogens is 224 g/mol. The van der Waals surface area contributed by atoms with Gasteiger partial charge in [0.2, 0.25) is 0 Å². The average Bonchev–Trinajstić information content (AvgIpc) is 2.69. The van der Waals surface area contributed by atoms with Crippen LogP contribution in [0.15, 0.2) is 29.2 Å². The SMILES string of the molecule is C[C@H](OCC1CSc2ccccc21)C(=O)O. The Morgan fingerprint density at radius 3 is 3.12 bits per heavy atom. The predicted molar refractivity (Wildman–Crippen MR) is 63.0 cm³/mol. The Balaban J connectivity index is 1.96. The smallest absolute Gasteiger partial charge is 0.332 e. The highest BCUT2D eigenvalue weighted by Gasteiger charge is 2.24. The molecular formula is C12H14O3S. The fourth-order valence-electron chi connectivity index (χ4n) is 1.70. The summed E-state index contributed by atoms with van der Waals surface area (Å²) in [4.78, 5) is 11.9. The van der Waals surface area contributed by atoms with Crippen LogP contribution in [0.25, 0.3) is 0 Å². The van der Waals surface area contributed by atoms with E-state index in [2.05, 4.69) is 12.1 Å². The van der Waals surface area contributed by atoms with Gasteiger partial charge in [-0.3, -0.25) is 0 Å². The lowest BCUT2D eigenvalue weighted by Gasteiger charge is -2.13. The number of aliphatic carboxylic acids is 1. The second kappa shape index (κ2) is 4.89. The lowest BCUT2D eigenvalue weighted by atomic mass is 10.0. The van der Waals surface area contributed by atoms with Gasteiger partial charge in [0.05, 0.1) is 6.61 Å². The van der Waals surface area contributed by atoms with Crippen molar-refractivity contribution in [3.63, 3.8) is 0 Å². The maximum Gasteiger partial charge on any atom is 0.332 e. The Bertz CT molecular complexity index is 392. The van der Waals surface area contributed by atoms with Gasteiger partial charge < -0.3 is 9.84 Å². The topological polar surface area (TPSA) is 46.5 Å². The monoisotopic (exact) mass is 238 g/mol. The number of thioether (sulfide) groups is 1. The molecule has 0 amide bonds. The van der Waals surface area contributed by atoms with E-state index in [0.29, 0.717) is 12.5 Å². The molecule has 1 aliphatic heterocycles. The molecule has 2 rings (SSSR count). The van der Waals surface area contributed by atoms with Crippen LogP contribution in [0.5, 0.6) is 0 Å². The maximum absolute atomic E-state index is 10.6. The first-order chi connectivity index (χ1) is 7.68. The van der Waals surface area contributed by atoms with Crippen LogP contribution < -0.4 is 0 Å². The van der Waals surface area contributed by atoms with Crippen molar-refractivity contribution in [1.82, 2.24) is 0 Å². The number of hydrogen-bond acceptors (Lipinski definition) is 3. The number of carboxylic acid groups (broad SMARTS) is 1.